The molecule has 2 aromatic rings. The van der Waals surface area contributed by atoms with Crippen molar-refractivity contribution >= 4 is 5.69 Å². The van der Waals surface area contributed by atoms with Gasteiger partial charge in [0, 0.05) is 30.7 Å². The Hall–Kier alpha value is -2.03. The van der Waals surface area contributed by atoms with Gasteiger partial charge in [-0.25, -0.2) is 0 Å². The van der Waals surface area contributed by atoms with Crippen LogP contribution in [0.15, 0.2) is 42.7 Å². The fourth-order valence-corrected chi connectivity index (χ4v) is 1.87. The van der Waals surface area contributed by atoms with E-state index >= 15 is 0 Å². The molecule has 0 amide bonds. The lowest BCUT2D eigenvalue weighted by Gasteiger charge is -2.14. The second kappa shape index (κ2) is 6.94. The summed E-state index contributed by atoms with van der Waals surface area (Å²) in [6, 6.07) is 10.1. The number of hydrogen-bond donors (Lipinski definition) is 1. The lowest BCUT2D eigenvalue weighted by atomic mass is 10.1. The Morgan fingerprint density at radius 3 is 2.90 bits per heavy atom. The van der Waals surface area contributed by atoms with Crippen LogP contribution in [-0.4, -0.2) is 11.1 Å². The van der Waals surface area contributed by atoms with Gasteiger partial charge in [-0.3, -0.25) is 4.98 Å². The summed E-state index contributed by atoms with van der Waals surface area (Å²) in [6.07, 6.45) is 4.97. The van der Waals surface area contributed by atoms with Crippen molar-refractivity contribution in [1.82, 2.24) is 4.98 Å². The Bertz CT molecular complexity index is 554. The molecule has 0 aliphatic carbocycles. The zero-order chi connectivity index (χ0) is 14.4. The van der Waals surface area contributed by atoms with Gasteiger partial charge in [-0.05, 0) is 49.6 Å². The monoisotopic (exact) mass is 270 g/mol. The molecule has 3 heteroatoms. The maximum absolute atomic E-state index is 5.83. The average molecular weight is 270 g/mol. The Labute approximate surface area is 121 Å². The summed E-state index contributed by atoms with van der Waals surface area (Å²) in [5, 5.41) is 3.41. The number of aryl methyl sites for hydroxylation is 1. The van der Waals surface area contributed by atoms with E-state index in [1.165, 1.54) is 11.1 Å². The molecule has 0 saturated carbocycles. The minimum atomic E-state index is 0.241. The number of nitrogens with one attached hydrogen (secondary N) is 1. The number of ether oxygens (including phenoxy) is 1. The van der Waals surface area contributed by atoms with Gasteiger partial charge in [0.1, 0.15) is 5.75 Å². The SMILES string of the molecule is CCC(C)Oc1cccc(NCc2cnccc2C)c1. The minimum absolute atomic E-state index is 0.241. The van der Waals surface area contributed by atoms with Crippen LogP contribution in [0.4, 0.5) is 5.69 Å². The molecule has 20 heavy (non-hydrogen) atoms. The number of benzene rings is 1. The van der Waals surface area contributed by atoms with Crippen LogP contribution in [0.2, 0.25) is 0 Å². The van der Waals surface area contributed by atoms with Crippen molar-refractivity contribution in [3.8, 4) is 5.75 Å². The molecule has 106 valence electrons. The molecule has 1 heterocycles. The molecule has 0 fully saturated rings. The molecule has 0 spiro atoms. The third kappa shape index (κ3) is 3.98. The second-order valence-electron chi connectivity index (χ2n) is 5.02. The Morgan fingerprint density at radius 1 is 1.30 bits per heavy atom. The molecule has 2 rings (SSSR count). The first kappa shape index (κ1) is 14.4. The highest BCUT2D eigenvalue weighted by Crippen LogP contribution is 2.20. The quantitative estimate of drug-likeness (QED) is 0.855. The van der Waals surface area contributed by atoms with Crippen LogP contribution < -0.4 is 10.1 Å². The van der Waals surface area contributed by atoms with E-state index in [4.69, 9.17) is 4.74 Å². The minimum Gasteiger partial charge on any atom is -0.491 e. The van der Waals surface area contributed by atoms with Crippen LogP contribution in [-0.2, 0) is 6.54 Å². The zero-order valence-corrected chi connectivity index (χ0v) is 12.4. The highest BCUT2D eigenvalue weighted by atomic mass is 16.5. The smallest absolute Gasteiger partial charge is 0.121 e. The second-order valence-corrected chi connectivity index (χ2v) is 5.02. The largest absolute Gasteiger partial charge is 0.491 e. The molecular weight excluding hydrogens is 248 g/mol. The van der Waals surface area contributed by atoms with Gasteiger partial charge < -0.3 is 10.1 Å². The standard InChI is InChI=1S/C17H22N2O/c1-4-14(3)20-17-7-5-6-16(10-17)19-12-15-11-18-9-8-13(15)2/h5-11,14,19H,4,12H2,1-3H3. The van der Waals surface area contributed by atoms with E-state index in [2.05, 4.69) is 37.1 Å². The molecule has 0 bridgehead atoms. The van der Waals surface area contributed by atoms with Gasteiger partial charge in [0.25, 0.3) is 0 Å². The predicted molar refractivity (Wildman–Crippen MR) is 83.1 cm³/mol. The summed E-state index contributed by atoms with van der Waals surface area (Å²) < 4.78 is 5.83. The van der Waals surface area contributed by atoms with E-state index in [1.54, 1.807) is 0 Å². The van der Waals surface area contributed by atoms with Gasteiger partial charge in [0.05, 0.1) is 6.10 Å². The van der Waals surface area contributed by atoms with Gasteiger partial charge >= 0.3 is 0 Å². The first-order valence-corrected chi connectivity index (χ1v) is 7.09. The summed E-state index contributed by atoms with van der Waals surface area (Å²) in [5.41, 5.74) is 3.52. The van der Waals surface area contributed by atoms with Crippen LogP contribution in [0.25, 0.3) is 0 Å². The summed E-state index contributed by atoms with van der Waals surface area (Å²) >= 11 is 0. The van der Waals surface area contributed by atoms with Gasteiger partial charge in [0.15, 0.2) is 0 Å². The van der Waals surface area contributed by atoms with Crippen LogP contribution in [0, 0.1) is 6.92 Å². The van der Waals surface area contributed by atoms with Crippen LogP contribution in [0.3, 0.4) is 0 Å². The molecule has 1 atom stereocenters. The maximum Gasteiger partial charge on any atom is 0.121 e. The van der Waals surface area contributed by atoms with E-state index < -0.39 is 0 Å². The van der Waals surface area contributed by atoms with Gasteiger partial charge in [0.2, 0.25) is 0 Å². The zero-order valence-electron chi connectivity index (χ0n) is 12.4. The van der Waals surface area contributed by atoms with E-state index in [9.17, 15) is 0 Å². The Kier molecular flexibility index (Phi) is 4.99. The predicted octanol–water partition coefficient (Wildman–Crippen LogP) is 4.18. The number of aromatic nitrogens is 1. The van der Waals surface area contributed by atoms with E-state index in [1.807, 2.05) is 36.7 Å². The van der Waals surface area contributed by atoms with Crippen LogP contribution in [0.5, 0.6) is 5.75 Å². The number of pyridine rings is 1. The molecule has 1 unspecified atom stereocenters. The number of nitrogens with zero attached hydrogens (tertiary/aromatic N) is 1. The van der Waals surface area contributed by atoms with Crippen molar-refractivity contribution in [2.45, 2.75) is 39.8 Å². The Balaban J connectivity index is 2.00. The normalized spacial score (nSPS) is 11.9. The topological polar surface area (TPSA) is 34.1 Å². The molecule has 3 nitrogen and oxygen atoms in total. The van der Waals surface area contributed by atoms with Gasteiger partial charge in [-0.2, -0.15) is 0 Å². The maximum atomic E-state index is 5.83. The molecular formula is C17H22N2O. The highest BCUT2D eigenvalue weighted by Gasteiger charge is 2.03. The van der Waals surface area contributed by atoms with Crippen molar-refractivity contribution in [3.63, 3.8) is 0 Å². The van der Waals surface area contributed by atoms with Crippen LogP contribution >= 0.6 is 0 Å². The van der Waals surface area contributed by atoms with Crippen molar-refractivity contribution in [1.29, 1.82) is 0 Å². The fourth-order valence-electron chi connectivity index (χ4n) is 1.87. The summed E-state index contributed by atoms with van der Waals surface area (Å²) in [4.78, 5) is 4.16. The van der Waals surface area contributed by atoms with E-state index in [0.29, 0.717) is 0 Å². The average Bonchev–Trinajstić information content (AvgIpc) is 2.47. The van der Waals surface area contributed by atoms with Crippen molar-refractivity contribution in [2.24, 2.45) is 0 Å². The van der Waals surface area contributed by atoms with Crippen LogP contribution in [0.1, 0.15) is 31.4 Å². The summed E-state index contributed by atoms with van der Waals surface area (Å²) in [7, 11) is 0. The third-order valence-electron chi connectivity index (χ3n) is 3.38. The fraction of sp³-hybridized carbons (Fsp3) is 0.353. The number of hydrogen-bond acceptors (Lipinski definition) is 3. The lowest BCUT2D eigenvalue weighted by molar-refractivity contribution is 0.217. The van der Waals surface area contributed by atoms with Gasteiger partial charge in [-0.1, -0.05) is 13.0 Å². The first-order valence-electron chi connectivity index (χ1n) is 7.09. The van der Waals surface area contributed by atoms with Crippen molar-refractivity contribution < 1.29 is 4.74 Å². The first-order chi connectivity index (χ1) is 9.69. The highest BCUT2D eigenvalue weighted by molar-refractivity contribution is 5.48. The molecule has 1 N–H and O–H groups in total. The summed E-state index contributed by atoms with van der Waals surface area (Å²) in [6.45, 7) is 7.07. The van der Waals surface area contributed by atoms with Gasteiger partial charge in [-0.15, -0.1) is 0 Å². The molecule has 0 aliphatic heterocycles. The van der Waals surface area contributed by atoms with E-state index in [-0.39, 0.29) is 6.10 Å². The number of rotatable bonds is 6. The molecule has 0 saturated heterocycles. The summed E-state index contributed by atoms with van der Waals surface area (Å²) in [5.74, 6) is 0.909. The van der Waals surface area contributed by atoms with Crippen molar-refractivity contribution in [3.05, 3.63) is 53.9 Å². The number of anilines is 1. The molecule has 1 aromatic heterocycles. The van der Waals surface area contributed by atoms with E-state index in [0.717, 1.165) is 24.4 Å². The molecule has 0 radical (unpaired) electrons. The third-order valence-corrected chi connectivity index (χ3v) is 3.38. The molecule has 1 aromatic carbocycles. The lowest BCUT2D eigenvalue weighted by Crippen LogP contribution is -2.10. The van der Waals surface area contributed by atoms with Crippen molar-refractivity contribution in [2.75, 3.05) is 5.32 Å². The Morgan fingerprint density at radius 2 is 2.15 bits per heavy atom. The molecule has 0 aliphatic rings.